The monoisotopic (exact) mass is 769 g/mol. The van der Waals surface area contributed by atoms with Crippen LogP contribution in [0.2, 0.25) is 0 Å². The molecule has 0 amide bonds. The zero-order chi connectivity index (χ0) is 40.0. The van der Waals surface area contributed by atoms with E-state index in [2.05, 4.69) is 187 Å². The number of aromatic nitrogens is 2. The molecule has 1 aliphatic carbocycles. The van der Waals surface area contributed by atoms with Gasteiger partial charge in [-0.3, -0.25) is 0 Å². The number of rotatable bonds is 6. The van der Waals surface area contributed by atoms with Crippen LogP contribution in [0, 0.1) is 0 Å². The lowest BCUT2D eigenvalue weighted by atomic mass is 9.82. The molecule has 2 heterocycles. The summed E-state index contributed by atoms with van der Waals surface area (Å²) in [5.74, 6) is 0.604. The van der Waals surface area contributed by atoms with E-state index in [0.717, 1.165) is 50.5 Å². The molecule has 0 aliphatic heterocycles. The highest BCUT2D eigenvalue weighted by Gasteiger charge is 2.35. The molecule has 0 saturated heterocycles. The molecule has 0 spiro atoms. The van der Waals surface area contributed by atoms with Gasteiger partial charge in [0.05, 0.1) is 16.7 Å². The van der Waals surface area contributed by atoms with Crippen LogP contribution in [0.15, 0.2) is 205 Å². The number of benzene rings is 9. The normalized spacial score (nSPS) is 13.0. The lowest BCUT2D eigenvalue weighted by Crippen LogP contribution is -2.15. The minimum atomic E-state index is -0.0989. The van der Waals surface area contributed by atoms with Gasteiger partial charge in [-0.15, -0.1) is 0 Å². The quantitative estimate of drug-likeness (QED) is 0.169. The van der Waals surface area contributed by atoms with Crippen molar-refractivity contribution >= 4 is 60.7 Å². The van der Waals surface area contributed by atoms with Crippen molar-refractivity contribution in [2.75, 3.05) is 4.90 Å². The van der Waals surface area contributed by atoms with E-state index in [-0.39, 0.29) is 5.41 Å². The summed E-state index contributed by atoms with van der Waals surface area (Å²) < 4.78 is 9.11. The van der Waals surface area contributed by atoms with Crippen LogP contribution in [0.25, 0.3) is 83.1 Å². The van der Waals surface area contributed by atoms with Crippen LogP contribution in [0.1, 0.15) is 25.0 Å². The Balaban J connectivity index is 1.07. The van der Waals surface area contributed by atoms with Gasteiger partial charge in [0.1, 0.15) is 5.52 Å². The van der Waals surface area contributed by atoms with Gasteiger partial charge in [0, 0.05) is 38.8 Å². The first kappa shape index (κ1) is 34.4. The lowest BCUT2D eigenvalue weighted by molar-refractivity contribution is 0.620. The summed E-state index contributed by atoms with van der Waals surface area (Å²) in [6.45, 7) is 4.66. The molecular formula is C56H39N3O. The molecule has 11 aromatic rings. The third-order valence-corrected chi connectivity index (χ3v) is 12.6. The van der Waals surface area contributed by atoms with Crippen LogP contribution in [0.3, 0.4) is 0 Å². The molecule has 0 radical (unpaired) electrons. The van der Waals surface area contributed by atoms with Crippen LogP contribution in [0.5, 0.6) is 0 Å². The fourth-order valence-corrected chi connectivity index (χ4v) is 9.74. The van der Waals surface area contributed by atoms with Crippen LogP contribution in [-0.2, 0) is 5.41 Å². The highest BCUT2D eigenvalue weighted by Crippen LogP contribution is 2.51. The van der Waals surface area contributed by atoms with Gasteiger partial charge in [0.2, 0.25) is 5.89 Å². The van der Waals surface area contributed by atoms with Crippen molar-refractivity contribution in [3.63, 3.8) is 0 Å². The number of hydrogen-bond acceptors (Lipinski definition) is 3. The number of para-hydroxylation sites is 2. The Bertz CT molecular complexity index is 3470. The number of hydrogen-bond donors (Lipinski definition) is 0. The Labute approximate surface area is 348 Å². The molecule has 0 atom stereocenters. The van der Waals surface area contributed by atoms with Crippen molar-refractivity contribution in [3.8, 4) is 39.4 Å². The Morgan fingerprint density at radius 2 is 1.20 bits per heavy atom. The first-order valence-corrected chi connectivity index (χ1v) is 20.6. The minimum absolute atomic E-state index is 0.0989. The van der Waals surface area contributed by atoms with E-state index < -0.39 is 0 Å². The minimum Gasteiger partial charge on any atom is -0.434 e. The van der Waals surface area contributed by atoms with Crippen molar-refractivity contribution < 1.29 is 4.42 Å². The maximum Gasteiger partial charge on any atom is 0.227 e. The van der Waals surface area contributed by atoms with Gasteiger partial charge < -0.3 is 13.9 Å². The largest absolute Gasteiger partial charge is 0.434 e. The molecule has 0 unspecified atom stereocenters. The van der Waals surface area contributed by atoms with E-state index in [4.69, 9.17) is 9.40 Å². The van der Waals surface area contributed by atoms with Crippen molar-refractivity contribution in [2.24, 2.45) is 0 Å². The van der Waals surface area contributed by atoms with E-state index in [1.54, 1.807) is 0 Å². The first-order chi connectivity index (χ1) is 29.5. The number of oxazole rings is 1. The molecule has 0 bridgehead atoms. The van der Waals surface area contributed by atoms with Crippen LogP contribution >= 0.6 is 0 Å². The average Bonchev–Trinajstić information content (AvgIpc) is 3.96. The third kappa shape index (κ3) is 5.20. The van der Waals surface area contributed by atoms with Crippen molar-refractivity contribution in [1.29, 1.82) is 0 Å². The van der Waals surface area contributed by atoms with Gasteiger partial charge in [-0.1, -0.05) is 135 Å². The molecule has 2 aromatic heterocycles. The van der Waals surface area contributed by atoms with E-state index in [9.17, 15) is 0 Å². The molecule has 284 valence electrons. The number of anilines is 3. The third-order valence-electron chi connectivity index (χ3n) is 12.6. The Morgan fingerprint density at radius 3 is 2.08 bits per heavy atom. The maximum absolute atomic E-state index is 6.71. The zero-order valence-corrected chi connectivity index (χ0v) is 33.3. The van der Waals surface area contributed by atoms with E-state index in [1.807, 2.05) is 36.4 Å². The summed E-state index contributed by atoms with van der Waals surface area (Å²) in [5.41, 5.74) is 16.4. The van der Waals surface area contributed by atoms with Crippen molar-refractivity contribution in [1.82, 2.24) is 9.55 Å². The van der Waals surface area contributed by atoms with Gasteiger partial charge in [0.15, 0.2) is 5.58 Å². The van der Waals surface area contributed by atoms with Crippen molar-refractivity contribution in [2.45, 2.75) is 19.3 Å². The second-order valence-corrected chi connectivity index (χ2v) is 16.4. The average molecular weight is 770 g/mol. The van der Waals surface area contributed by atoms with Crippen LogP contribution in [-0.4, -0.2) is 9.55 Å². The second kappa shape index (κ2) is 13.2. The highest BCUT2D eigenvalue weighted by atomic mass is 16.3. The van der Waals surface area contributed by atoms with Crippen LogP contribution in [0.4, 0.5) is 17.1 Å². The Kier molecular flexibility index (Phi) is 7.54. The summed E-state index contributed by atoms with van der Waals surface area (Å²) in [6.07, 6.45) is 0. The number of fused-ring (bicyclic) bond motifs is 9. The predicted octanol–water partition coefficient (Wildman–Crippen LogP) is 15.2. The molecule has 0 saturated carbocycles. The van der Waals surface area contributed by atoms with Gasteiger partial charge in [-0.2, -0.15) is 0 Å². The fraction of sp³-hybridized carbons (Fsp3) is 0.0536. The molecule has 12 rings (SSSR count). The Hall–Kier alpha value is -7.69. The summed E-state index contributed by atoms with van der Waals surface area (Å²) in [4.78, 5) is 7.33. The van der Waals surface area contributed by atoms with Gasteiger partial charge in [0.25, 0.3) is 0 Å². The second-order valence-electron chi connectivity index (χ2n) is 16.4. The molecule has 1 aliphatic rings. The fourth-order valence-electron chi connectivity index (χ4n) is 9.74. The predicted molar refractivity (Wildman–Crippen MR) is 249 cm³/mol. The molecule has 60 heavy (non-hydrogen) atoms. The maximum atomic E-state index is 6.71. The van der Waals surface area contributed by atoms with Gasteiger partial charge in [-0.25, -0.2) is 4.98 Å². The van der Waals surface area contributed by atoms with Gasteiger partial charge >= 0.3 is 0 Å². The smallest absolute Gasteiger partial charge is 0.227 e. The summed E-state index contributed by atoms with van der Waals surface area (Å²) in [5, 5.41) is 4.98. The molecule has 0 fully saturated rings. The molecular weight excluding hydrogens is 731 g/mol. The molecule has 4 nitrogen and oxygen atoms in total. The molecule has 4 heteroatoms. The summed E-state index contributed by atoms with van der Waals surface area (Å²) in [7, 11) is 0. The summed E-state index contributed by atoms with van der Waals surface area (Å²) in [6, 6.07) is 72.0. The topological polar surface area (TPSA) is 34.2 Å². The van der Waals surface area contributed by atoms with E-state index >= 15 is 0 Å². The first-order valence-electron chi connectivity index (χ1n) is 20.6. The standard InChI is InChI=1S/C56H39N3O/c1-56(2)47-24-12-11-23-44(47)45-35-42(29-30-48(45)56)58(52-26-14-25-49-54(52)60-55(57-49)37-16-5-3-6-17-37)41-21-13-18-38(33-41)39-28-31-50-46(34-39)53-43-22-10-9-15-36(43)27-32-51(53)59(50)40-19-7-4-8-20-40/h3-35H,1-2H3. The van der Waals surface area contributed by atoms with E-state index in [1.165, 1.54) is 54.8 Å². The van der Waals surface area contributed by atoms with Gasteiger partial charge in [-0.05, 0) is 123 Å². The number of nitrogens with zero attached hydrogens (tertiary/aromatic N) is 3. The van der Waals surface area contributed by atoms with Crippen LogP contribution < -0.4 is 4.90 Å². The highest BCUT2D eigenvalue weighted by molar-refractivity contribution is 6.22. The SMILES string of the molecule is CC1(C)c2ccccc2-c2cc(N(c3cccc(-c4ccc5c(c4)c4c6ccccc6ccc4n5-c4ccccc4)c3)c3cccc4nc(-c5ccccc5)oc34)ccc21. The molecule has 9 aromatic carbocycles. The van der Waals surface area contributed by atoms with Crippen molar-refractivity contribution in [3.05, 3.63) is 211 Å². The Morgan fingerprint density at radius 1 is 0.500 bits per heavy atom. The zero-order valence-electron chi connectivity index (χ0n) is 33.3. The lowest BCUT2D eigenvalue weighted by Gasteiger charge is -2.27. The molecule has 0 N–H and O–H groups in total. The van der Waals surface area contributed by atoms with E-state index in [0.29, 0.717) is 5.89 Å². The summed E-state index contributed by atoms with van der Waals surface area (Å²) >= 11 is 0.